The standard InChI is InChI=1S/C16H23NO2/c1-4-13-5-6-15(19-3)14(11-13)16(18)17-9-7-12(2)8-10-17/h5-6,11-12H,4,7-10H2,1-3H3. The van der Waals surface area contributed by atoms with Gasteiger partial charge in [-0.05, 0) is 42.9 Å². The van der Waals surface area contributed by atoms with E-state index in [4.69, 9.17) is 4.74 Å². The average molecular weight is 261 g/mol. The monoisotopic (exact) mass is 261 g/mol. The summed E-state index contributed by atoms with van der Waals surface area (Å²) in [5.41, 5.74) is 1.88. The van der Waals surface area contributed by atoms with Gasteiger partial charge in [0.25, 0.3) is 5.91 Å². The molecule has 0 unspecified atom stereocenters. The van der Waals surface area contributed by atoms with Crippen molar-refractivity contribution in [1.82, 2.24) is 4.90 Å². The number of nitrogens with zero attached hydrogens (tertiary/aromatic N) is 1. The second-order valence-electron chi connectivity index (χ2n) is 5.36. The van der Waals surface area contributed by atoms with Gasteiger partial charge in [-0.3, -0.25) is 4.79 Å². The van der Waals surface area contributed by atoms with E-state index in [1.165, 1.54) is 5.56 Å². The van der Waals surface area contributed by atoms with Gasteiger partial charge in [0, 0.05) is 13.1 Å². The number of ether oxygens (including phenoxy) is 1. The fourth-order valence-electron chi connectivity index (χ4n) is 2.52. The number of methoxy groups -OCH3 is 1. The lowest BCUT2D eigenvalue weighted by Crippen LogP contribution is -2.38. The SMILES string of the molecule is CCc1ccc(OC)c(C(=O)N2CCC(C)CC2)c1. The number of aryl methyl sites for hydroxylation is 1. The number of carbonyl (C=O) groups is 1. The highest BCUT2D eigenvalue weighted by Gasteiger charge is 2.23. The first kappa shape index (κ1) is 13.9. The fraction of sp³-hybridized carbons (Fsp3) is 0.562. The smallest absolute Gasteiger partial charge is 0.257 e. The van der Waals surface area contributed by atoms with Crippen LogP contribution >= 0.6 is 0 Å². The molecule has 1 aliphatic rings. The molecule has 0 N–H and O–H groups in total. The Morgan fingerprint density at radius 3 is 2.63 bits per heavy atom. The van der Waals surface area contributed by atoms with Gasteiger partial charge < -0.3 is 9.64 Å². The lowest BCUT2D eigenvalue weighted by atomic mass is 9.98. The summed E-state index contributed by atoms with van der Waals surface area (Å²) in [7, 11) is 1.62. The molecule has 0 atom stereocenters. The molecule has 0 aromatic heterocycles. The normalized spacial score (nSPS) is 16.5. The molecule has 1 saturated heterocycles. The molecule has 3 nitrogen and oxygen atoms in total. The summed E-state index contributed by atoms with van der Waals surface area (Å²) in [6, 6.07) is 5.89. The summed E-state index contributed by atoms with van der Waals surface area (Å²) >= 11 is 0. The third kappa shape index (κ3) is 3.09. The van der Waals surface area contributed by atoms with E-state index in [-0.39, 0.29) is 5.91 Å². The first-order valence-electron chi connectivity index (χ1n) is 7.12. The summed E-state index contributed by atoms with van der Waals surface area (Å²) in [6.07, 6.45) is 3.13. The third-order valence-electron chi connectivity index (χ3n) is 3.97. The molecule has 1 fully saturated rings. The molecule has 3 heteroatoms. The number of amides is 1. The Morgan fingerprint density at radius 2 is 2.05 bits per heavy atom. The Bertz CT molecular complexity index is 448. The number of carbonyl (C=O) groups excluding carboxylic acids is 1. The van der Waals surface area contributed by atoms with Crippen LogP contribution in [0.15, 0.2) is 18.2 Å². The van der Waals surface area contributed by atoms with E-state index in [1.807, 2.05) is 23.1 Å². The van der Waals surface area contributed by atoms with Crippen molar-refractivity contribution >= 4 is 5.91 Å². The highest BCUT2D eigenvalue weighted by Crippen LogP contribution is 2.24. The van der Waals surface area contributed by atoms with Crippen molar-refractivity contribution in [3.63, 3.8) is 0 Å². The molecule has 19 heavy (non-hydrogen) atoms. The van der Waals surface area contributed by atoms with E-state index < -0.39 is 0 Å². The molecule has 1 aromatic carbocycles. The van der Waals surface area contributed by atoms with Crippen LogP contribution in [0.2, 0.25) is 0 Å². The maximum absolute atomic E-state index is 12.6. The zero-order valence-electron chi connectivity index (χ0n) is 12.1. The summed E-state index contributed by atoms with van der Waals surface area (Å²) < 4.78 is 5.33. The maximum atomic E-state index is 12.6. The fourth-order valence-corrected chi connectivity index (χ4v) is 2.52. The van der Waals surface area contributed by atoms with Crippen molar-refractivity contribution in [2.24, 2.45) is 5.92 Å². The van der Waals surface area contributed by atoms with Gasteiger partial charge in [-0.15, -0.1) is 0 Å². The van der Waals surface area contributed by atoms with Gasteiger partial charge in [0.15, 0.2) is 0 Å². The molecular formula is C16H23NO2. The first-order valence-corrected chi connectivity index (χ1v) is 7.12. The minimum absolute atomic E-state index is 0.110. The van der Waals surface area contributed by atoms with Crippen LogP contribution in [0.25, 0.3) is 0 Å². The Balaban J connectivity index is 2.22. The topological polar surface area (TPSA) is 29.5 Å². The number of piperidine rings is 1. The highest BCUT2D eigenvalue weighted by molar-refractivity contribution is 5.97. The zero-order chi connectivity index (χ0) is 13.8. The predicted octanol–water partition coefficient (Wildman–Crippen LogP) is 3.13. The molecule has 0 bridgehead atoms. The molecule has 104 valence electrons. The lowest BCUT2D eigenvalue weighted by Gasteiger charge is -2.30. The van der Waals surface area contributed by atoms with E-state index in [1.54, 1.807) is 7.11 Å². The largest absolute Gasteiger partial charge is 0.496 e. The predicted molar refractivity (Wildman–Crippen MR) is 76.7 cm³/mol. The van der Waals surface area contributed by atoms with Crippen LogP contribution in [0.3, 0.4) is 0 Å². The van der Waals surface area contributed by atoms with Crippen molar-refractivity contribution in [3.05, 3.63) is 29.3 Å². The van der Waals surface area contributed by atoms with Crippen molar-refractivity contribution in [3.8, 4) is 5.75 Å². The van der Waals surface area contributed by atoms with Crippen LogP contribution < -0.4 is 4.74 Å². The second kappa shape index (κ2) is 6.09. The molecule has 1 heterocycles. The van der Waals surface area contributed by atoms with E-state index in [9.17, 15) is 4.79 Å². The number of hydrogen-bond donors (Lipinski definition) is 0. The van der Waals surface area contributed by atoms with Crippen LogP contribution in [0.5, 0.6) is 5.75 Å². The molecule has 0 radical (unpaired) electrons. The van der Waals surface area contributed by atoms with Crippen molar-refractivity contribution in [2.45, 2.75) is 33.1 Å². The van der Waals surface area contributed by atoms with Gasteiger partial charge in [0.2, 0.25) is 0 Å². The highest BCUT2D eigenvalue weighted by atomic mass is 16.5. The third-order valence-corrected chi connectivity index (χ3v) is 3.97. The number of benzene rings is 1. The van der Waals surface area contributed by atoms with Crippen LogP contribution in [0, 0.1) is 5.92 Å². The second-order valence-corrected chi connectivity index (χ2v) is 5.36. The summed E-state index contributed by atoms with van der Waals surface area (Å²) in [4.78, 5) is 14.6. The maximum Gasteiger partial charge on any atom is 0.257 e. The van der Waals surface area contributed by atoms with E-state index in [2.05, 4.69) is 13.8 Å². The molecular weight excluding hydrogens is 238 g/mol. The molecule has 1 aliphatic heterocycles. The Hall–Kier alpha value is -1.51. The van der Waals surface area contributed by atoms with Gasteiger partial charge in [-0.2, -0.15) is 0 Å². The molecule has 1 amide bonds. The molecule has 2 rings (SSSR count). The quantitative estimate of drug-likeness (QED) is 0.836. The van der Waals surface area contributed by atoms with Crippen molar-refractivity contribution in [2.75, 3.05) is 20.2 Å². The van der Waals surface area contributed by atoms with Crippen molar-refractivity contribution < 1.29 is 9.53 Å². The van der Waals surface area contributed by atoms with Crippen LogP contribution in [0.1, 0.15) is 42.6 Å². The molecule has 1 aromatic rings. The van der Waals surface area contributed by atoms with E-state index in [0.29, 0.717) is 11.3 Å². The van der Waals surface area contributed by atoms with Crippen LogP contribution in [-0.4, -0.2) is 31.0 Å². The zero-order valence-corrected chi connectivity index (χ0v) is 12.1. The summed E-state index contributed by atoms with van der Waals surface area (Å²) in [6.45, 7) is 6.07. The van der Waals surface area contributed by atoms with E-state index in [0.717, 1.165) is 38.3 Å². The van der Waals surface area contributed by atoms with Crippen LogP contribution in [0.4, 0.5) is 0 Å². The Labute approximate surface area is 115 Å². The molecule has 0 saturated carbocycles. The Kier molecular flexibility index (Phi) is 4.46. The summed E-state index contributed by atoms with van der Waals surface area (Å²) in [5, 5.41) is 0. The van der Waals surface area contributed by atoms with Gasteiger partial charge in [0.1, 0.15) is 5.75 Å². The minimum Gasteiger partial charge on any atom is -0.496 e. The van der Waals surface area contributed by atoms with Gasteiger partial charge in [-0.1, -0.05) is 19.9 Å². The van der Waals surface area contributed by atoms with Gasteiger partial charge >= 0.3 is 0 Å². The Morgan fingerprint density at radius 1 is 1.37 bits per heavy atom. The minimum atomic E-state index is 0.110. The number of hydrogen-bond acceptors (Lipinski definition) is 2. The molecule has 0 aliphatic carbocycles. The average Bonchev–Trinajstić information content (AvgIpc) is 2.46. The van der Waals surface area contributed by atoms with Gasteiger partial charge in [0.05, 0.1) is 12.7 Å². The van der Waals surface area contributed by atoms with Crippen molar-refractivity contribution in [1.29, 1.82) is 0 Å². The van der Waals surface area contributed by atoms with Gasteiger partial charge in [-0.25, -0.2) is 0 Å². The number of likely N-dealkylation sites (tertiary alicyclic amines) is 1. The van der Waals surface area contributed by atoms with E-state index >= 15 is 0 Å². The first-order chi connectivity index (χ1) is 9.15. The molecule has 0 spiro atoms. The number of rotatable bonds is 3. The van der Waals surface area contributed by atoms with Crippen LogP contribution in [-0.2, 0) is 6.42 Å². The lowest BCUT2D eigenvalue weighted by molar-refractivity contribution is 0.0694. The summed E-state index contributed by atoms with van der Waals surface area (Å²) in [5.74, 6) is 1.52.